The van der Waals surface area contributed by atoms with Crippen LogP contribution >= 0.6 is 15.9 Å². The second-order valence-electron chi connectivity index (χ2n) is 4.99. The highest BCUT2D eigenvalue weighted by molar-refractivity contribution is 9.10. The molecule has 1 aromatic carbocycles. The highest BCUT2D eigenvalue weighted by Crippen LogP contribution is 2.22. The van der Waals surface area contributed by atoms with E-state index in [1.807, 2.05) is 12.1 Å². The van der Waals surface area contributed by atoms with Gasteiger partial charge in [0.15, 0.2) is 0 Å². The number of halogens is 1. The Hall–Kier alpha value is -2.41. The molecule has 0 unspecified atom stereocenters. The quantitative estimate of drug-likeness (QED) is 0.892. The van der Waals surface area contributed by atoms with Gasteiger partial charge in [-0.2, -0.15) is 5.10 Å². The maximum atomic E-state index is 12.2. The van der Waals surface area contributed by atoms with Gasteiger partial charge in [0.05, 0.1) is 18.5 Å². The van der Waals surface area contributed by atoms with Crippen molar-refractivity contribution in [2.24, 2.45) is 5.10 Å². The van der Waals surface area contributed by atoms with E-state index in [0.717, 1.165) is 4.47 Å². The van der Waals surface area contributed by atoms with E-state index >= 15 is 0 Å². The third kappa shape index (κ3) is 3.68. The van der Waals surface area contributed by atoms with Gasteiger partial charge in [-0.3, -0.25) is 9.59 Å². The Bertz CT molecular complexity index is 738. The van der Waals surface area contributed by atoms with Crippen LogP contribution < -0.4 is 10.3 Å². The molecule has 0 fully saturated rings. The Balaban J connectivity index is 1.73. The molecular weight excluding hydrogens is 362 g/mol. The second kappa shape index (κ2) is 6.78. The van der Waals surface area contributed by atoms with Crippen LogP contribution in [-0.2, 0) is 16.1 Å². The highest BCUT2D eigenvalue weighted by atomic mass is 79.9. The Morgan fingerprint density at radius 2 is 2.04 bits per heavy atom. The second-order valence-corrected chi connectivity index (χ2v) is 5.91. The average molecular weight is 376 g/mol. The fourth-order valence-electron chi connectivity index (χ4n) is 2.18. The summed E-state index contributed by atoms with van der Waals surface area (Å²) < 4.78 is 6.07. The SMILES string of the molecule is O=C(NCc1ccco1)C1=NN(c2ccc(Br)cc2)C(=O)CC1. The fourth-order valence-corrected chi connectivity index (χ4v) is 2.45. The van der Waals surface area contributed by atoms with E-state index in [1.54, 1.807) is 30.5 Å². The highest BCUT2D eigenvalue weighted by Gasteiger charge is 2.25. The third-order valence-electron chi connectivity index (χ3n) is 3.37. The molecule has 0 atom stereocenters. The first-order valence-corrected chi connectivity index (χ1v) is 7.89. The lowest BCUT2D eigenvalue weighted by molar-refractivity contribution is -0.119. The zero-order chi connectivity index (χ0) is 16.2. The first-order valence-electron chi connectivity index (χ1n) is 7.10. The minimum Gasteiger partial charge on any atom is -0.467 e. The molecule has 0 radical (unpaired) electrons. The summed E-state index contributed by atoms with van der Waals surface area (Å²) in [6.45, 7) is 0.289. The molecule has 3 rings (SSSR count). The molecule has 7 heteroatoms. The van der Waals surface area contributed by atoms with E-state index in [-0.39, 0.29) is 24.8 Å². The van der Waals surface area contributed by atoms with Crippen LogP contribution in [0.3, 0.4) is 0 Å². The number of furan rings is 1. The molecule has 0 bridgehead atoms. The normalized spacial score (nSPS) is 14.6. The van der Waals surface area contributed by atoms with Crippen molar-refractivity contribution in [3.63, 3.8) is 0 Å². The number of nitrogens with one attached hydrogen (secondary N) is 1. The average Bonchev–Trinajstić information content (AvgIpc) is 3.07. The molecule has 23 heavy (non-hydrogen) atoms. The van der Waals surface area contributed by atoms with Crippen LogP contribution in [0, 0.1) is 0 Å². The topological polar surface area (TPSA) is 74.9 Å². The van der Waals surface area contributed by atoms with E-state index in [1.165, 1.54) is 5.01 Å². The summed E-state index contributed by atoms with van der Waals surface area (Å²) in [7, 11) is 0. The van der Waals surface area contributed by atoms with E-state index in [0.29, 0.717) is 23.6 Å². The Morgan fingerprint density at radius 3 is 2.74 bits per heavy atom. The zero-order valence-electron chi connectivity index (χ0n) is 12.2. The number of hydrazone groups is 1. The van der Waals surface area contributed by atoms with Gasteiger partial charge in [0, 0.05) is 17.3 Å². The fraction of sp³-hybridized carbons (Fsp3) is 0.188. The van der Waals surface area contributed by atoms with Crippen LogP contribution in [0.2, 0.25) is 0 Å². The van der Waals surface area contributed by atoms with Gasteiger partial charge in [0.2, 0.25) is 5.91 Å². The molecule has 2 heterocycles. The smallest absolute Gasteiger partial charge is 0.267 e. The van der Waals surface area contributed by atoms with Crippen molar-refractivity contribution in [1.82, 2.24) is 5.32 Å². The summed E-state index contributed by atoms with van der Waals surface area (Å²) in [5.74, 6) is 0.238. The first-order chi connectivity index (χ1) is 11.1. The molecule has 2 amide bonds. The molecule has 0 aliphatic carbocycles. The molecule has 6 nitrogen and oxygen atoms in total. The van der Waals surface area contributed by atoms with Crippen LogP contribution in [0.4, 0.5) is 5.69 Å². The summed E-state index contributed by atoms with van der Waals surface area (Å²) in [6, 6.07) is 10.7. The molecule has 0 spiro atoms. The van der Waals surface area contributed by atoms with Gasteiger partial charge in [-0.05, 0) is 36.4 Å². The van der Waals surface area contributed by atoms with Gasteiger partial charge in [-0.15, -0.1) is 0 Å². The molecule has 0 saturated heterocycles. The maximum absolute atomic E-state index is 12.2. The van der Waals surface area contributed by atoms with Gasteiger partial charge >= 0.3 is 0 Å². The number of anilines is 1. The molecule has 1 aliphatic heterocycles. The number of hydrogen-bond acceptors (Lipinski definition) is 4. The standard InChI is InChI=1S/C16H14BrN3O3/c17-11-3-5-12(6-4-11)20-15(21)8-7-14(19-20)16(22)18-10-13-2-1-9-23-13/h1-6,9H,7-8,10H2,(H,18,22). The number of nitrogens with zero attached hydrogens (tertiary/aromatic N) is 2. The minimum atomic E-state index is -0.295. The molecule has 1 N–H and O–H groups in total. The summed E-state index contributed by atoms with van der Waals surface area (Å²) >= 11 is 3.35. The van der Waals surface area contributed by atoms with Crippen LogP contribution in [0.25, 0.3) is 0 Å². The zero-order valence-corrected chi connectivity index (χ0v) is 13.7. The molecule has 2 aromatic rings. The van der Waals surface area contributed by atoms with Crippen molar-refractivity contribution >= 4 is 39.1 Å². The van der Waals surface area contributed by atoms with Crippen LogP contribution in [0.15, 0.2) is 56.7 Å². The van der Waals surface area contributed by atoms with Crippen LogP contribution in [-0.4, -0.2) is 17.5 Å². The molecule has 1 aliphatic rings. The van der Waals surface area contributed by atoms with Crippen molar-refractivity contribution in [3.8, 4) is 0 Å². The molecular formula is C16H14BrN3O3. The van der Waals surface area contributed by atoms with Crippen LogP contribution in [0.1, 0.15) is 18.6 Å². The predicted octanol–water partition coefficient (Wildman–Crippen LogP) is 2.84. The van der Waals surface area contributed by atoms with Crippen molar-refractivity contribution in [3.05, 3.63) is 52.9 Å². The summed E-state index contributed by atoms with van der Waals surface area (Å²) in [4.78, 5) is 24.3. The van der Waals surface area contributed by atoms with Crippen molar-refractivity contribution in [1.29, 1.82) is 0 Å². The van der Waals surface area contributed by atoms with E-state index < -0.39 is 0 Å². The van der Waals surface area contributed by atoms with Gasteiger partial charge in [-0.1, -0.05) is 15.9 Å². The lowest BCUT2D eigenvalue weighted by Gasteiger charge is -2.23. The van der Waals surface area contributed by atoms with Crippen molar-refractivity contribution in [2.75, 3.05) is 5.01 Å². The number of carbonyl (C=O) groups excluding carboxylic acids is 2. The van der Waals surface area contributed by atoms with Gasteiger partial charge in [0.1, 0.15) is 11.5 Å². The Labute approximate surface area is 141 Å². The van der Waals surface area contributed by atoms with Gasteiger partial charge in [0.25, 0.3) is 5.91 Å². The first kappa shape index (κ1) is 15.5. The van der Waals surface area contributed by atoms with E-state index in [4.69, 9.17) is 4.42 Å². The summed E-state index contributed by atoms with van der Waals surface area (Å²) in [5.41, 5.74) is 0.966. The number of amides is 2. The van der Waals surface area contributed by atoms with Gasteiger partial charge < -0.3 is 9.73 Å². The lowest BCUT2D eigenvalue weighted by atomic mass is 10.1. The number of rotatable bonds is 4. The monoisotopic (exact) mass is 375 g/mol. The van der Waals surface area contributed by atoms with E-state index in [9.17, 15) is 9.59 Å². The lowest BCUT2D eigenvalue weighted by Crippen LogP contribution is -2.38. The molecule has 118 valence electrons. The summed E-state index contributed by atoms with van der Waals surface area (Å²) in [6.07, 6.45) is 2.13. The molecule has 1 aromatic heterocycles. The van der Waals surface area contributed by atoms with Crippen LogP contribution in [0.5, 0.6) is 0 Å². The van der Waals surface area contributed by atoms with Crippen molar-refractivity contribution < 1.29 is 14.0 Å². The number of benzene rings is 1. The number of hydrogen-bond donors (Lipinski definition) is 1. The largest absolute Gasteiger partial charge is 0.467 e. The third-order valence-corrected chi connectivity index (χ3v) is 3.90. The summed E-state index contributed by atoms with van der Waals surface area (Å²) in [5, 5.41) is 8.22. The Kier molecular flexibility index (Phi) is 4.57. The van der Waals surface area contributed by atoms with E-state index in [2.05, 4.69) is 26.3 Å². The maximum Gasteiger partial charge on any atom is 0.267 e. The predicted molar refractivity (Wildman–Crippen MR) is 88.9 cm³/mol. The number of carbonyl (C=O) groups is 2. The minimum absolute atomic E-state index is 0.130. The Morgan fingerprint density at radius 1 is 1.26 bits per heavy atom. The molecule has 0 saturated carbocycles. The van der Waals surface area contributed by atoms with Crippen molar-refractivity contribution in [2.45, 2.75) is 19.4 Å². The van der Waals surface area contributed by atoms with Gasteiger partial charge in [-0.25, -0.2) is 5.01 Å².